The van der Waals surface area contributed by atoms with Gasteiger partial charge in [0, 0.05) is 43.5 Å². The Kier molecular flexibility index (Phi) is 18.8. The fourth-order valence-corrected chi connectivity index (χ4v) is 7.90. The number of likely N-dealkylation sites (N-methyl/N-ethyl adjacent to an activating group) is 1. The van der Waals surface area contributed by atoms with Crippen molar-refractivity contribution in [3.8, 4) is 5.75 Å². The number of nitrogens with one attached hydrogen (secondary N) is 7. The van der Waals surface area contributed by atoms with Gasteiger partial charge in [-0.3, -0.25) is 24.0 Å². The van der Waals surface area contributed by atoms with Gasteiger partial charge < -0.3 is 52.0 Å². The molecule has 0 radical (unpaired) electrons. The van der Waals surface area contributed by atoms with E-state index in [0.717, 1.165) is 5.56 Å². The van der Waals surface area contributed by atoms with Crippen LogP contribution in [0.5, 0.6) is 5.75 Å². The number of aromatic hydroxyl groups is 1. The third-order valence-corrected chi connectivity index (χ3v) is 11.9. The number of rotatable bonds is 13. The van der Waals surface area contributed by atoms with Gasteiger partial charge in [0.15, 0.2) is 0 Å². The van der Waals surface area contributed by atoms with E-state index in [1.807, 2.05) is 58.0 Å². The molecule has 1 fully saturated rings. The first-order chi connectivity index (χ1) is 30.3. The minimum Gasteiger partial charge on any atom is -0.506 e. The van der Waals surface area contributed by atoms with Crippen molar-refractivity contribution in [2.24, 2.45) is 17.8 Å². The second-order valence-corrected chi connectivity index (χ2v) is 18.0. The standard InChI is InChI=1S/C46H65ClN8O9/c1-8-27(6)39(45(62)63)54-46(64)53-32-16-12-13-17-48-40(57)35(20-28-14-10-9-11-15-28)51-43(60)37(21-29-24-49-33-23-31(47)38(56)22-30(29)33)55(7)44(61)36(19-26(4)5)52-42(59)34(18-25(2)3)50-41(32)58/h9-11,14-15,22-27,32,34-37,39,49,56H,8,12-13,16-21H2,1-7H3,(H,48,57)(H,50,58)(H,51,60)(H,52,59)(H,62,63)(H2,53,54,64). The number of amides is 7. The first-order valence-electron chi connectivity index (χ1n) is 22.1. The van der Waals surface area contributed by atoms with Crippen molar-refractivity contribution >= 4 is 64.0 Å². The quantitative estimate of drug-likeness (QED) is 0.119. The van der Waals surface area contributed by atoms with Gasteiger partial charge in [-0.2, -0.15) is 0 Å². The van der Waals surface area contributed by atoms with Gasteiger partial charge in [0.05, 0.1) is 5.02 Å². The molecule has 17 nitrogen and oxygen atoms in total. The third-order valence-electron chi connectivity index (χ3n) is 11.5. The summed E-state index contributed by atoms with van der Waals surface area (Å²) in [6, 6.07) is 4.19. The molecular weight excluding hydrogens is 844 g/mol. The minimum atomic E-state index is -1.23. The van der Waals surface area contributed by atoms with E-state index < -0.39 is 83.7 Å². The van der Waals surface area contributed by atoms with Crippen LogP contribution in [0.1, 0.15) is 91.2 Å². The topological polar surface area (TPSA) is 251 Å². The highest BCUT2D eigenvalue weighted by Crippen LogP contribution is 2.31. The second kappa shape index (κ2) is 23.7. The number of carboxylic acids is 1. The highest BCUT2D eigenvalue weighted by Gasteiger charge is 2.37. The van der Waals surface area contributed by atoms with Crippen LogP contribution < -0.4 is 31.9 Å². The number of aromatic amines is 1. The van der Waals surface area contributed by atoms with E-state index in [0.29, 0.717) is 35.7 Å². The fourth-order valence-electron chi connectivity index (χ4n) is 7.74. The van der Waals surface area contributed by atoms with Crippen LogP contribution in [0.4, 0.5) is 4.79 Å². The first-order valence-corrected chi connectivity index (χ1v) is 22.4. The molecule has 64 heavy (non-hydrogen) atoms. The van der Waals surface area contributed by atoms with Crippen LogP contribution in [0.3, 0.4) is 0 Å². The lowest BCUT2D eigenvalue weighted by atomic mass is 9.97. The maximum atomic E-state index is 14.7. The number of hydrogen-bond acceptors (Lipinski definition) is 8. The van der Waals surface area contributed by atoms with Crippen LogP contribution in [-0.4, -0.2) is 111 Å². The zero-order valence-electron chi connectivity index (χ0n) is 37.8. The van der Waals surface area contributed by atoms with Gasteiger partial charge in [-0.25, -0.2) is 9.59 Å². The van der Waals surface area contributed by atoms with E-state index in [2.05, 4.69) is 36.9 Å². The third kappa shape index (κ3) is 14.3. The minimum absolute atomic E-state index is 0.0598. The molecule has 4 rings (SSSR count). The van der Waals surface area contributed by atoms with Gasteiger partial charge >= 0.3 is 12.0 Å². The number of urea groups is 1. The predicted octanol–water partition coefficient (Wildman–Crippen LogP) is 4.15. The summed E-state index contributed by atoms with van der Waals surface area (Å²) in [7, 11) is 1.45. The Balaban J connectivity index is 1.76. The number of carbonyl (C=O) groups is 7. The number of phenolic OH excluding ortho intramolecular Hbond substituents is 1. The van der Waals surface area contributed by atoms with Crippen molar-refractivity contribution in [2.75, 3.05) is 13.6 Å². The number of halogens is 1. The number of carboxylic acid groups (broad SMARTS) is 1. The summed E-state index contributed by atoms with van der Waals surface area (Å²) in [4.78, 5) is 101. The van der Waals surface area contributed by atoms with Crippen molar-refractivity contribution in [1.82, 2.24) is 41.8 Å². The maximum absolute atomic E-state index is 14.7. The van der Waals surface area contributed by atoms with Gasteiger partial charge in [-0.1, -0.05) is 89.9 Å². The number of H-pyrrole nitrogens is 1. The van der Waals surface area contributed by atoms with Gasteiger partial charge in [0.2, 0.25) is 29.5 Å². The lowest BCUT2D eigenvalue weighted by Crippen LogP contribution is -2.60. The Hall–Kier alpha value is -5.84. The fraction of sp³-hybridized carbons (Fsp3) is 0.543. The molecular formula is C46H65ClN8O9. The first kappa shape index (κ1) is 50.8. The van der Waals surface area contributed by atoms with E-state index in [-0.39, 0.29) is 61.3 Å². The number of aromatic nitrogens is 1. The Morgan fingerprint density at radius 3 is 2.12 bits per heavy atom. The van der Waals surface area contributed by atoms with Crippen molar-refractivity contribution in [3.05, 3.63) is 64.8 Å². The molecule has 0 bridgehead atoms. The van der Waals surface area contributed by atoms with Crippen LogP contribution in [0.25, 0.3) is 10.9 Å². The van der Waals surface area contributed by atoms with Crippen LogP contribution in [0, 0.1) is 17.8 Å². The lowest BCUT2D eigenvalue weighted by Gasteiger charge is -2.33. The van der Waals surface area contributed by atoms with Crippen LogP contribution in [0.15, 0.2) is 48.7 Å². The molecule has 1 saturated heterocycles. The molecule has 9 N–H and O–H groups in total. The molecule has 7 unspecified atom stereocenters. The Morgan fingerprint density at radius 1 is 0.844 bits per heavy atom. The van der Waals surface area contributed by atoms with Crippen molar-refractivity contribution in [2.45, 2.75) is 129 Å². The molecule has 0 spiro atoms. The van der Waals surface area contributed by atoms with Gasteiger partial charge in [-0.05, 0) is 73.1 Å². The summed E-state index contributed by atoms with van der Waals surface area (Å²) in [5.41, 5.74) is 1.92. The highest BCUT2D eigenvalue weighted by atomic mass is 35.5. The maximum Gasteiger partial charge on any atom is 0.326 e. The number of aliphatic carboxylic acids is 1. The molecule has 2 heterocycles. The number of benzene rings is 2. The van der Waals surface area contributed by atoms with E-state index >= 15 is 0 Å². The SMILES string of the molecule is CCC(C)C(NC(=O)NC1CCCCNC(=O)C(Cc2ccccc2)NC(=O)C(Cc2c[nH]c3cc(Cl)c(O)cc23)N(C)C(=O)C(CC(C)C)NC(=O)C(CC(C)C)NC1=O)C(=O)O. The average molecular weight is 910 g/mol. The molecule has 0 aliphatic carbocycles. The Morgan fingerprint density at radius 2 is 1.48 bits per heavy atom. The normalized spacial score (nSPS) is 22.1. The summed E-state index contributed by atoms with van der Waals surface area (Å²) >= 11 is 6.19. The van der Waals surface area contributed by atoms with E-state index in [1.54, 1.807) is 26.1 Å². The van der Waals surface area contributed by atoms with Crippen molar-refractivity contribution in [3.63, 3.8) is 0 Å². The van der Waals surface area contributed by atoms with E-state index in [4.69, 9.17) is 11.6 Å². The van der Waals surface area contributed by atoms with Crippen LogP contribution in [0.2, 0.25) is 5.02 Å². The zero-order valence-corrected chi connectivity index (χ0v) is 38.5. The number of carbonyl (C=O) groups excluding carboxylic acids is 6. The highest BCUT2D eigenvalue weighted by molar-refractivity contribution is 6.32. The summed E-state index contributed by atoms with van der Waals surface area (Å²) in [5.74, 6) is -5.12. The van der Waals surface area contributed by atoms with E-state index in [1.165, 1.54) is 18.0 Å². The molecule has 3 aromatic rings. The average Bonchev–Trinajstić information content (AvgIpc) is 3.62. The zero-order chi connectivity index (χ0) is 47.2. The molecule has 0 saturated carbocycles. The molecule has 1 aliphatic rings. The van der Waals surface area contributed by atoms with Gasteiger partial charge in [0.1, 0.15) is 42.0 Å². The summed E-state index contributed by atoms with van der Waals surface area (Å²) in [6.07, 6.45) is 3.23. The molecule has 2 aromatic carbocycles. The van der Waals surface area contributed by atoms with Gasteiger partial charge in [0.25, 0.3) is 0 Å². The largest absolute Gasteiger partial charge is 0.506 e. The number of phenols is 1. The second-order valence-electron chi connectivity index (χ2n) is 17.6. The van der Waals surface area contributed by atoms with Crippen molar-refractivity contribution < 1.29 is 43.8 Å². The lowest BCUT2D eigenvalue weighted by molar-refractivity contribution is -0.143. The van der Waals surface area contributed by atoms with Gasteiger partial charge in [-0.15, -0.1) is 0 Å². The summed E-state index contributed by atoms with van der Waals surface area (Å²) in [6.45, 7) is 11.1. The smallest absolute Gasteiger partial charge is 0.326 e. The predicted molar refractivity (Wildman–Crippen MR) is 243 cm³/mol. The number of hydrogen-bond donors (Lipinski definition) is 9. The number of fused-ring (bicyclic) bond motifs is 1. The van der Waals surface area contributed by atoms with Crippen LogP contribution in [-0.2, 0) is 41.6 Å². The monoisotopic (exact) mass is 908 g/mol. The Labute approximate surface area is 379 Å². The van der Waals surface area contributed by atoms with Crippen LogP contribution >= 0.6 is 11.6 Å². The summed E-state index contributed by atoms with van der Waals surface area (Å²) in [5, 5.41) is 37.5. The molecule has 18 heteroatoms. The van der Waals surface area contributed by atoms with E-state index in [9.17, 15) is 43.8 Å². The molecule has 7 amide bonds. The molecule has 1 aliphatic heterocycles. The number of nitrogens with zero attached hydrogens (tertiary/aromatic N) is 1. The molecule has 1 aromatic heterocycles. The molecule has 7 atom stereocenters. The van der Waals surface area contributed by atoms with Crippen molar-refractivity contribution in [1.29, 1.82) is 0 Å². The molecule has 350 valence electrons. The Bertz CT molecular complexity index is 2110. The summed E-state index contributed by atoms with van der Waals surface area (Å²) < 4.78 is 0.